The Balaban J connectivity index is 1.68. The second-order valence-corrected chi connectivity index (χ2v) is 14.1. The van der Waals surface area contributed by atoms with Crippen molar-refractivity contribution in [2.24, 2.45) is 5.41 Å². The number of hydrogen-bond acceptors (Lipinski definition) is 7. The van der Waals surface area contributed by atoms with Crippen LogP contribution in [0.25, 0.3) is 11.0 Å². The monoisotopic (exact) mass is 661 g/mol. The first-order valence-electron chi connectivity index (χ1n) is 15.7. The van der Waals surface area contributed by atoms with E-state index in [0.717, 1.165) is 6.42 Å². The first kappa shape index (κ1) is 35.5. The van der Waals surface area contributed by atoms with Crippen LogP contribution in [0, 0.1) is 16.7 Å². The molecule has 1 aliphatic rings. The lowest BCUT2D eigenvalue weighted by Gasteiger charge is -2.34. The maximum atomic E-state index is 13.6. The van der Waals surface area contributed by atoms with Crippen LogP contribution in [0.5, 0.6) is 5.75 Å². The SMILES string of the molecule is CNC(C)(C)C=C(C#N)C(=O)N1CCCC1Cn1c(NC(=O)c2ccc(Cl)cc2)nc2cc(OC(=O)N(C)[C@@H](C)C(C)(C)C)ccc21. The Labute approximate surface area is 281 Å². The molecule has 0 aliphatic carbocycles. The summed E-state index contributed by atoms with van der Waals surface area (Å²) in [5, 5.41) is 16.4. The number of likely N-dealkylation sites (tertiary alicyclic amines) is 1. The van der Waals surface area contributed by atoms with Gasteiger partial charge in [-0.3, -0.25) is 14.9 Å². The molecule has 1 unspecified atom stereocenters. The summed E-state index contributed by atoms with van der Waals surface area (Å²) in [6.07, 6.45) is 2.63. The standard InChI is InChI=1S/C35H44ClN7O4/c1-22(34(2,3)4)41(8)33(46)47-27-15-16-29-28(18-27)39-32(40-30(44)23-11-13-25(36)14-12-23)43(29)21-26-10-9-17-42(26)31(45)24(20-37)19-35(5,6)38-7/h11-16,18-19,22,26,38H,9-10,17,21H2,1-8H3,(H,39,40,44)/t22-,26?/m0/s1. The molecule has 0 bridgehead atoms. The van der Waals surface area contributed by atoms with Crippen LogP contribution < -0.4 is 15.4 Å². The molecule has 4 rings (SSSR count). The number of hydrogen-bond donors (Lipinski definition) is 2. The van der Waals surface area contributed by atoms with Crippen molar-refractivity contribution in [2.45, 2.75) is 78.6 Å². The van der Waals surface area contributed by atoms with Crippen LogP contribution in [0.15, 0.2) is 54.1 Å². The highest BCUT2D eigenvalue weighted by molar-refractivity contribution is 6.30. The van der Waals surface area contributed by atoms with E-state index in [4.69, 9.17) is 21.3 Å². The summed E-state index contributed by atoms with van der Waals surface area (Å²) in [6, 6.07) is 13.4. The Morgan fingerprint density at radius 3 is 2.47 bits per heavy atom. The van der Waals surface area contributed by atoms with Crippen LogP contribution >= 0.6 is 11.6 Å². The minimum absolute atomic E-state index is 0.0696. The summed E-state index contributed by atoms with van der Waals surface area (Å²) in [6.45, 7) is 12.7. The maximum Gasteiger partial charge on any atom is 0.415 e. The predicted octanol–water partition coefficient (Wildman–Crippen LogP) is 6.25. The quantitative estimate of drug-likeness (QED) is 0.205. The number of amides is 3. The molecule has 1 aromatic heterocycles. The van der Waals surface area contributed by atoms with Gasteiger partial charge in [0.1, 0.15) is 17.4 Å². The van der Waals surface area contributed by atoms with E-state index in [1.54, 1.807) is 72.4 Å². The Kier molecular flexibility index (Phi) is 10.7. The number of anilines is 1. The average Bonchev–Trinajstić information content (AvgIpc) is 3.62. The van der Waals surface area contributed by atoms with E-state index < -0.39 is 11.6 Å². The molecule has 2 N–H and O–H groups in total. The fourth-order valence-electron chi connectivity index (χ4n) is 5.37. The van der Waals surface area contributed by atoms with Crippen LogP contribution in [-0.4, -0.2) is 75.5 Å². The first-order valence-corrected chi connectivity index (χ1v) is 16.1. The summed E-state index contributed by atoms with van der Waals surface area (Å²) in [7, 11) is 3.48. The van der Waals surface area contributed by atoms with Gasteiger partial charge >= 0.3 is 6.09 Å². The van der Waals surface area contributed by atoms with Gasteiger partial charge in [-0.25, -0.2) is 9.78 Å². The third kappa shape index (κ3) is 8.31. The fourth-order valence-corrected chi connectivity index (χ4v) is 5.50. The number of fused-ring (bicyclic) bond motifs is 1. The summed E-state index contributed by atoms with van der Waals surface area (Å²) in [5.74, 6) is -0.138. The molecule has 2 heterocycles. The van der Waals surface area contributed by atoms with Crippen molar-refractivity contribution in [1.82, 2.24) is 24.7 Å². The van der Waals surface area contributed by atoms with Crippen molar-refractivity contribution >= 4 is 46.5 Å². The van der Waals surface area contributed by atoms with Gasteiger partial charge in [-0.1, -0.05) is 32.4 Å². The number of carbonyl (C=O) groups excluding carboxylic acids is 3. The molecule has 3 aromatic rings. The Morgan fingerprint density at radius 2 is 1.85 bits per heavy atom. The highest BCUT2D eigenvalue weighted by Gasteiger charge is 2.33. The average molecular weight is 662 g/mol. The zero-order valence-electron chi connectivity index (χ0n) is 28.3. The lowest BCUT2D eigenvalue weighted by atomic mass is 9.87. The maximum absolute atomic E-state index is 13.6. The molecule has 0 saturated carbocycles. The minimum Gasteiger partial charge on any atom is -0.410 e. The van der Waals surface area contributed by atoms with Crippen molar-refractivity contribution in [2.75, 3.05) is 26.0 Å². The molecular formula is C35H44ClN7O4. The minimum atomic E-state index is -0.545. The van der Waals surface area contributed by atoms with Crippen LogP contribution in [0.2, 0.25) is 5.02 Å². The molecule has 3 amide bonds. The lowest BCUT2D eigenvalue weighted by molar-refractivity contribution is -0.127. The molecule has 47 heavy (non-hydrogen) atoms. The number of nitrogens with one attached hydrogen (secondary N) is 2. The number of ether oxygens (including phenoxy) is 1. The first-order chi connectivity index (χ1) is 22.0. The zero-order chi connectivity index (χ0) is 34.7. The van der Waals surface area contributed by atoms with E-state index in [2.05, 4.69) is 37.5 Å². The molecule has 12 heteroatoms. The van der Waals surface area contributed by atoms with Gasteiger partial charge in [0.15, 0.2) is 0 Å². The van der Waals surface area contributed by atoms with Gasteiger partial charge in [0.05, 0.1) is 17.1 Å². The number of benzene rings is 2. The van der Waals surface area contributed by atoms with E-state index in [1.165, 1.54) is 0 Å². The second-order valence-electron chi connectivity index (χ2n) is 13.6. The van der Waals surface area contributed by atoms with Crippen molar-refractivity contribution in [1.29, 1.82) is 5.26 Å². The van der Waals surface area contributed by atoms with Crippen molar-refractivity contribution < 1.29 is 19.1 Å². The van der Waals surface area contributed by atoms with Crippen LogP contribution in [-0.2, 0) is 11.3 Å². The Morgan fingerprint density at radius 1 is 1.17 bits per heavy atom. The summed E-state index contributed by atoms with van der Waals surface area (Å²) < 4.78 is 7.58. The van der Waals surface area contributed by atoms with Gasteiger partial charge in [-0.15, -0.1) is 0 Å². The van der Waals surface area contributed by atoms with Crippen molar-refractivity contribution in [3.8, 4) is 11.8 Å². The second kappa shape index (κ2) is 14.2. The molecule has 11 nitrogen and oxygen atoms in total. The molecule has 2 atom stereocenters. The fraction of sp³-hybridized carbons (Fsp3) is 0.457. The molecule has 250 valence electrons. The van der Waals surface area contributed by atoms with Gasteiger partial charge in [0, 0.05) is 48.4 Å². The van der Waals surface area contributed by atoms with Gasteiger partial charge in [-0.05, 0) is 88.5 Å². The van der Waals surface area contributed by atoms with Gasteiger partial charge in [-0.2, -0.15) is 5.26 Å². The smallest absolute Gasteiger partial charge is 0.410 e. The number of likely N-dealkylation sites (N-methyl/N-ethyl adjacent to an activating group) is 1. The van der Waals surface area contributed by atoms with Gasteiger partial charge in [0.25, 0.3) is 11.8 Å². The summed E-state index contributed by atoms with van der Waals surface area (Å²) >= 11 is 6.03. The van der Waals surface area contributed by atoms with E-state index in [-0.39, 0.29) is 40.8 Å². The van der Waals surface area contributed by atoms with Crippen molar-refractivity contribution in [3.63, 3.8) is 0 Å². The Hall–Kier alpha value is -4.40. The molecule has 0 radical (unpaired) electrons. The van der Waals surface area contributed by atoms with Crippen molar-refractivity contribution in [3.05, 3.63) is 64.7 Å². The summed E-state index contributed by atoms with van der Waals surface area (Å²) in [4.78, 5) is 47.9. The number of rotatable bonds is 9. The van der Waals surface area contributed by atoms with E-state index in [9.17, 15) is 19.6 Å². The predicted molar refractivity (Wildman–Crippen MR) is 183 cm³/mol. The third-order valence-corrected chi connectivity index (χ3v) is 9.16. The highest BCUT2D eigenvalue weighted by Crippen LogP contribution is 2.30. The number of halogens is 1. The highest BCUT2D eigenvalue weighted by atomic mass is 35.5. The molecule has 1 fully saturated rings. The van der Waals surface area contributed by atoms with E-state index >= 15 is 0 Å². The number of imidazole rings is 1. The van der Waals surface area contributed by atoms with Gasteiger partial charge < -0.3 is 24.4 Å². The number of carbonyl (C=O) groups is 3. The molecule has 1 aliphatic heterocycles. The van der Waals surface area contributed by atoms with Gasteiger partial charge in [0.2, 0.25) is 5.95 Å². The van der Waals surface area contributed by atoms with E-state index in [0.29, 0.717) is 46.9 Å². The molecule has 2 aromatic carbocycles. The van der Waals surface area contributed by atoms with E-state index in [1.807, 2.05) is 25.3 Å². The Bertz CT molecular complexity index is 1720. The largest absolute Gasteiger partial charge is 0.415 e. The normalized spacial score (nSPS) is 16.1. The summed E-state index contributed by atoms with van der Waals surface area (Å²) in [5.41, 5.74) is 0.955. The lowest BCUT2D eigenvalue weighted by Crippen LogP contribution is -2.44. The topological polar surface area (TPSA) is 133 Å². The molecule has 1 saturated heterocycles. The third-order valence-electron chi connectivity index (χ3n) is 8.91. The molecule has 0 spiro atoms. The van der Waals surface area contributed by atoms with Crippen LogP contribution in [0.3, 0.4) is 0 Å². The van der Waals surface area contributed by atoms with Crippen LogP contribution in [0.1, 0.15) is 64.7 Å². The zero-order valence-corrected chi connectivity index (χ0v) is 29.1. The molecular weight excluding hydrogens is 618 g/mol. The number of nitriles is 1. The number of aromatic nitrogens is 2. The number of nitrogens with zero attached hydrogens (tertiary/aromatic N) is 5. The van der Waals surface area contributed by atoms with Crippen LogP contribution in [0.4, 0.5) is 10.7 Å².